The van der Waals surface area contributed by atoms with Gasteiger partial charge in [0.15, 0.2) is 0 Å². The van der Waals surface area contributed by atoms with E-state index in [-0.39, 0.29) is 54.1 Å². The van der Waals surface area contributed by atoms with E-state index in [9.17, 15) is 28.8 Å². The van der Waals surface area contributed by atoms with Gasteiger partial charge in [-0.2, -0.15) is 0 Å². The second kappa shape index (κ2) is 26.3. The van der Waals surface area contributed by atoms with Gasteiger partial charge in [0.2, 0.25) is 0 Å². The highest BCUT2D eigenvalue weighted by molar-refractivity contribution is 5.92. The van der Waals surface area contributed by atoms with Crippen molar-refractivity contribution in [2.75, 3.05) is 46.8 Å². The molecule has 0 saturated heterocycles. The first kappa shape index (κ1) is 50.3. The van der Waals surface area contributed by atoms with Crippen LogP contribution < -0.4 is 4.74 Å². The van der Waals surface area contributed by atoms with Gasteiger partial charge in [0.25, 0.3) is 0 Å². The molecule has 0 heterocycles. The van der Waals surface area contributed by atoms with Gasteiger partial charge in [0, 0.05) is 23.3 Å². The predicted octanol–water partition coefficient (Wildman–Crippen LogP) is 7.45. The van der Waals surface area contributed by atoms with Gasteiger partial charge in [-0.25, -0.2) is 28.0 Å². The fraction of sp³-hybridized carbons (Fsp3) is 0.467. The molecule has 0 saturated carbocycles. The molecule has 0 bridgehead atoms. The Morgan fingerprint density at radius 1 is 0.683 bits per heavy atom. The van der Waals surface area contributed by atoms with E-state index >= 15 is 8.78 Å². The molecular formula is C45H56F2O13. The minimum absolute atomic E-state index is 0.0109. The van der Waals surface area contributed by atoms with Crippen molar-refractivity contribution in [3.8, 4) is 16.9 Å². The first-order valence-corrected chi connectivity index (χ1v) is 19.7. The number of carbonyl (C=O) groups excluding carboxylic acids is 6. The van der Waals surface area contributed by atoms with E-state index in [1.807, 2.05) is 0 Å². The van der Waals surface area contributed by atoms with Crippen LogP contribution in [0.1, 0.15) is 83.8 Å². The Hall–Kier alpha value is -5.86. The van der Waals surface area contributed by atoms with Crippen molar-refractivity contribution in [2.45, 2.75) is 85.5 Å². The highest BCUT2D eigenvalue weighted by atomic mass is 19.1. The number of hydrogen-bond acceptors (Lipinski definition) is 13. The van der Waals surface area contributed by atoms with Crippen LogP contribution in [0.2, 0.25) is 0 Å². The molecule has 0 aromatic heterocycles. The zero-order valence-electron chi connectivity index (χ0n) is 35.1. The van der Waals surface area contributed by atoms with Crippen molar-refractivity contribution in [1.29, 1.82) is 0 Å². The Morgan fingerprint density at radius 2 is 1.28 bits per heavy atom. The summed E-state index contributed by atoms with van der Waals surface area (Å²) in [5, 5.41) is 0. The quantitative estimate of drug-likeness (QED) is 0.0286. The van der Waals surface area contributed by atoms with Crippen molar-refractivity contribution in [1.82, 2.24) is 0 Å². The van der Waals surface area contributed by atoms with Crippen LogP contribution in [0.3, 0.4) is 0 Å². The van der Waals surface area contributed by atoms with Crippen LogP contribution in [0, 0.1) is 17.0 Å². The molecule has 1 atom stereocenters. The van der Waals surface area contributed by atoms with Crippen LogP contribution in [-0.2, 0) is 70.0 Å². The third-order valence-electron chi connectivity index (χ3n) is 8.79. The van der Waals surface area contributed by atoms with Crippen LogP contribution in [0.4, 0.5) is 8.78 Å². The number of methoxy groups -OCH3 is 1. The highest BCUT2D eigenvalue weighted by Gasteiger charge is 2.38. The Balaban J connectivity index is 2.58. The largest absolute Gasteiger partial charge is 0.492 e. The average Bonchev–Trinajstić information content (AvgIpc) is 3.20. The molecule has 0 aliphatic rings. The predicted molar refractivity (Wildman–Crippen MR) is 216 cm³/mol. The summed E-state index contributed by atoms with van der Waals surface area (Å²) in [5.41, 5.74) is -0.548. The summed E-state index contributed by atoms with van der Waals surface area (Å²) in [4.78, 5) is 73.6. The van der Waals surface area contributed by atoms with Crippen LogP contribution in [0.5, 0.6) is 5.75 Å². The molecular weight excluding hydrogens is 786 g/mol. The summed E-state index contributed by atoms with van der Waals surface area (Å²) >= 11 is 0. The third kappa shape index (κ3) is 18.0. The molecule has 0 aliphatic heterocycles. The summed E-state index contributed by atoms with van der Waals surface area (Å²) in [6.07, 6.45) is 6.76. The van der Waals surface area contributed by atoms with E-state index in [0.29, 0.717) is 17.5 Å². The SMILES string of the molecule is C=C(C)C(=O)OCCCc1cc(-c2c(F)cc(CCCCCCC)cc2F)ccc1OCC(COC(=O)/C=C/C(=O)OC)(COC(=O)CC(=O)OCC)COC(=O)C(=C)C. The molecule has 328 valence electrons. The molecule has 0 spiro atoms. The molecule has 13 nitrogen and oxygen atoms in total. The fourth-order valence-electron chi connectivity index (χ4n) is 5.51. The second-order valence-electron chi connectivity index (χ2n) is 14.2. The standard InChI is InChI=1S/C45H56F2O13/c1-8-10-11-12-13-15-32-22-35(46)42(36(47)23-32)34-17-18-37(33(24-34)16-14-21-56-43(52)30(3)4)57-26-45(29-60-44(53)31(5)6,27-58-39(49)20-19-38(48)54-7)28-59-41(51)25-40(50)55-9-2/h17-20,22-24H,3,5,8-16,21,25-29H2,1-2,4,6-7H3/b20-19+. The van der Waals surface area contributed by atoms with E-state index in [0.717, 1.165) is 51.4 Å². The lowest BCUT2D eigenvalue weighted by Crippen LogP contribution is -2.44. The minimum atomic E-state index is -1.66. The smallest absolute Gasteiger partial charge is 0.333 e. The molecule has 1 unspecified atom stereocenters. The summed E-state index contributed by atoms with van der Waals surface area (Å²) in [6.45, 7) is 11.4. The molecule has 0 amide bonds. The van der Waals surface area contributed by atoms with Crippen LogP contribution in [0.15, 0.2) is 66.8 Å². The molecule has 2 rings (SSSR count). The number of esters is 6. The van der Waals surface area contributed by atoms with Crippen molar-refractivity contribution in [2.24, 2.45) is 5.41 Å². The van der Waals surface area contributed by atoms with Gasteiger partial charge >= 0.3 is 35.8 Å². The molecule has 0 fully saturated rings. The summed E-state index contributed by atoms with van der Waals surface area (Å²) < 4.78 is 68.4. The zero-order valence-corrected chi connectivity index (χ0v) is 35.1. The van der Waals surface area contributed by atoms with Gasteiger partial charge in [0.05, 0.1) is 25.9 Å². The summed E-state index contributed by atoms with van der Waals surface area (Å²) in [6, 6.07) is 7.09. The topological polar surface area (TPSA) is 167 Å². The summed E-state index contributed by atoms with van der Waals surface area (Å²) in [7, 11) is 1.11. The van der Waals surface area contributed by atoms with Crippen LogP contribution >= 0.6 is 0 Å². The minimum Gasteiger partial charge on any atom is -0.492 e. The van der Waals surface area contributed by atoms with Gasteiger partial charge in [-0.05, 0) is 87.4 Å². The van der Waals surface area contributed by atoms with Crippen molar-refractivity contribution >= 4 is 35.8 Å². The first-order valence-electron chi connectivity index (χ1n) is 19.7. The number of halogens is 2. The zero-order chi connectivity index (χ0) is 44.7. The van der Waals surface area contributed by atoms with Crippen LogP contribution in [0.25, 0.3) is 11.1 Å². The van der Waals surface area contributed by atoms with Crippen molar-refractivity contribution < 1.29 is 70.7 Å². The lowest BCUT2D eigenvalue weighted by Gasteiger charge is -2.32. The fourth-order valence-corrected chi connectivity index (χ4v) is 5.51. The monoisotopic (exact) mass is 842 g/mol. The number of aryl methyl sites for hydroxylation is 2. The normalized spacial score (nSPS) is 11.8. The summed E-state index contributed by atoms with van der Waals surface area (Å²) in [5.74, 6) is -6.51. The maximum absolute atomic E-state index is 15.7. The molecule has 0 radical (unpaired) electrons. The van der Waals surface area contributed by atoms with Gasteiger partial charge in [-0.15, -0.1) is 0 Å². The molecule has 2 aromatic carbocycles. The number of benzene rings is 2. The molecule has 2 aromatic rings. The Bertz CT molecular complexity index is 1850. The highest BCUT2D eigenvalue weighted by Crippen LogP contribution is 2.34. The van der Waals surface area contributed by atoms with Gasteiger partial charge in [0.1, 0.15) is 55.6 Å². The van der Waals surface area contributed by atoms with Crippen molar-refractivity contribution in [3.63, 3.8) is 0 Å². The van der Waals surface area contributed by atoms with E-state index < -0.39 is 85.7 Å². The number of carbonyl (C=O) groups is 6. The van der Waals surface area contributed by atoms with Gasteiger partial charge in [-0.1, -0.05) is 51.8 Å². The van der Waals surface area contributed by atoms with E-state index in [1.165, 1.54) is 44.2 Å². The van der Waals surface area contributed by atoms with Crippen molar-refractivity contribution in [3.05, 3.63) is 89.5 Å². The second-order valence-corrected chi connectivity index (χ2v) is 14.2. The Labute approximate surface area is 350 Å². The van der Waals surface area contributed by atoms with E-state index in [2.05, 4.69) is 24.8 Å². The number of unbranched alkanes of at least 4 members (excludes halogenated alkanes) is 4. The number of ether oxygens (including phenoxy) is 7. The maximum Gasteiger partial charge on any atom is 0.333 e. The molecule has 15 heteroatoms. The van der Waals surface area contributed by atoms with Crippen LogP contribution in [-0.4, -0.2) is 82.6 Å². The van der Waals surface area contributed by atoms with E-state index in [4.69, 9.17) is 28.4 Å². The lowest BCUT2D eigenvalue weighted by molar-refractivity contribution is -0.163. The Kier molecular flexibility index (Phi) is 22.0. The Morgan fingerprint density at radius 3 is 1.92 bits per heavy atom. The number of hydrogen-bond donors (Lipinski definition) is 0. The first-order chi connectivity index (χ1) is 28.5. The number of rotatable bonds is 27. The third-order valence-corrected chi connectivity index (χ3v) is 8.79. The van der Waals surface area contributed by atoms with E-state index in [1.54, 1.807) is 6.92 Å². The molecule has 0 N–H and O–H groups in total. The average molecular weight is 843 g/mol. The molecule has 60 heavy (non-hydrogen) atoms. The lowest BCUT2D eigenvalue weighted by atomic mass is 9.91. The molecule has 0 aliphatic carbocycles. The van der Waals surface area contributed by atoms with Gasteiger partial charge in [-0.3, -0.25) is 9.59 Å². The maximum atomic E-state index is 15.7. The van der Waals surface area contributed by atoms with Gasteiger partial charge < -0.3 is 33.2 Å².